The molecule has 0 fully saturated rings. The van der Waals surface area contributed by atoms with E-state index in [0.29, 0.717) is 16.6 Å². The van der Waals surface area contributed by atoms with Gasteiger partial charge in [-0.2, -0.15) is 0 Å². The van der Waals surface area contributed by atoms with Crippen LogP contribution in [0.15, 0.2) is 82.3 Å². The topological polar surface area (TPSA) is 67.2 Å². The summed E-state index contributed by atoms with van der Waals surface area (Å²) in [5.74, 6) is -0.280. The third-order valence-electron chi connectivity index (χ3n) is 5.45. The van der Waals surface area contributed by atoms with E-state index in [1.165, 1.54) is 22.1 Å². The molecule has 0 spiro atoms. The van der Waals surface area contributed by atoms with Crippen LogP contribution in [-0.2, 0) is 17.8 Å². The standard InChI is InChI=1S/C24H19BrN4O2/c25-17-5-10-21-20(13-17)24(31)28(15-26-21)14-23(30)27-18-6-8-19(9-7-18)29-12-11-16-3-1-2-4-22(16)29/h1-10,13,15H,11-12,14H2,(H,27,30). The average molecular weight is 475 g/mol. The minimum Gasteiger partial charge on any atom is -0.341 e. The average Bonchev–Trinajstić information content (AvgIpc) is 3.21. The van der Waals surface area contributed by atoms with Gasteiger partial charge in [0.05, 0.1) is 17.2 Å². The number of hydrogen-bond donors (Lipinski definition) is 1. The van der Waals surface area contributed by atoms with Crippen LogP contribution < -0.4 is 15.8 Å². The summed E-state index contributed by atoms with van der Waals surface area (Å²) in [5.41, 5.74) is 4.71. The van der Waals surface area contributed by atoms with Gasteiger partial charge in [0.25, 0.3) is 5.56 Å². The van der Waals surface area contributed by atoms with Crippen molar-refractivity contribution in [1.29, 1.82) is 0 Å². The second-order valence-corrected chi connectivity index (χ2v) is 8.38. The maximum Gasteiger partial charge on any atom is 0.261 e. The molecule has 3 aromatic carbocycles. The number of fused-ring (bicyclic) bond motifs is 2. The van der Waals surface area contributed by atoms with Crippen molar-refractivity contribution in [3.05, 3.63) is 93.4 Å². The number of para-hydroxylation sites is 1. The SMILES string of the molecule is O=C(Cn1cnc2ccc(Br)cc2c1=O)Nc1ccc(N2CCc3ccccc32)cc1. The quantitative estimate of drug-likeness (QED) is 0.473. The van der Waals surface area contributed by atoms with Crippen LogP contribution in [-0.4, -0.2) is 22.0 Å². The Morgan fingerprint density at radius 3 is 2.71 bits per heavy atom. The summed E-state index contributed by atoms with van der Waals surface area (Å²) in [4.78, 5) is 31.8. The Kier molecular flexibility index (Phi) is 5.03. The van der Waals surface area contributed by atoms with E-state index in [4.69, 9.17) is 0 Å². The van der Waals surface area contributed by atoms with E-state index < -0.39 is 0 Å². The summed E-state index contributed by atoms with van der Waals surface area (Å²) < 4.78 is 2.11. The van der Waals surface area contributed by atoms with Crippen LogP contribution in [0, 0.1) is 0 Å². The largest absolute Gasteiger partial charge is 0.341 e. The van der Waals surface area contributed by atoms with Gasteiger partial charge in [0.1, 0.15) is 6.54 Å². The first-order valence-corrected chi connectivity index (χ1v) is 10.8. The molecule has 5 rings (SSSR count). The minimum absolute atomic E-state index is 0.102. The summed E-state index contributed by atoms with van der Waals surface area (Å²) >= 11 is 3.37. The van der Waals surface area contributed by atoms with E-state index in [2.05, 4.69) is 49.3 Å². The lowest BCUT2D eigenvalue weighted by molar-refractivity contribution is -0.116. The summed E-state index contributed by atoms with van der Waals surface area (Å²) in [5, 5.41) is 3.33. The molecule has 0 radical (unpaired) electrons. The first-order valence-electron chi connectivity index (χ1n) is 9.98. The monoisotopic (exact) mass is 474 g/mol. The highest BCUT2D eigenvalue weighted by molar-refractivity contribution is 9.10. The Morgan fingerprint density at radius 1 is 1.06 bits per heavy atom. The molecule has 0 saturated carbocycles. The summed E-state index contributed by atoms with van der Waals surface area (Å²) in [6, 6.07) is 21.5. The highest BCUT2D eigenvalue weighted by atomic mass is 79.9. The highest BCUT2D eigenvalue weighted by Gasteiger charge is 2.19. The first-order chi connectivity index (χ1) is 15.1. The molecule has 1 aliphatic rings. The van der Waals surface area contributed by atoms with Gasteiger partial charge in [-0.1, -0.05) is 34.1 Å². The van der Waals surface area contributed by atoms with E-state index in [9.17, 15) is 9.59 Å². The van der Waals surface area contributed by atoms with Gasteiger partial charge >= 0.3 is 0 Å². The Hall–Kier alpha value is -3.45. The molecular weight excluding hydrogens is 456 g/mol. The molecule has 6 nitrogen and oxygen atoms in total. The molecule has 7 heteroatoms. The van der Waals surface area contributed by atoms with Crippen molar-refractivity contribution in [3.63, 3.8) is 0 Å². The fourth-order valence-electron chi connectivity index (χ4n) is 3.93. The van der Waals surface area contributed by atoms with E-state index in [1.807, 2.05) is 36.4 Å². The maximum absolute atomic E-state index is 12.7. The van der Waals surface area contributed by atoms with Crippen molar-refractivity contribution in [2.75, 3.05) is 16.8 Å². The molecule has 31 heavy (non-hydrogen) atoms. The van der Waals surface area contributed by atoms with E-state index in [0.717, 1.165) is 23.1 Å². The van der Waals surface area contributed by atoms with Gasteiger partial charge in [-0.15, -0.1) is 0 Å². The fraction of sp³-hybridized carbons (Fsp3) is 0.125. The van der Waals surface area contributed by atoms with Crippen molar-refractivity contribution < 1.29 is 4.79 Å². The first kappa shape index (κ1) is 19.5. The molecule has 1 aromatic heterocycles. The van der Waals surface area contributed by atoms with Gasteiger partial charge < -0.3 is 10.2 Å². The number of carbonyl (C=O) groups excluding carboxylic acids is 1. The molecule has 0 unspecified atom stereocenters. The Bertz CT molecular complexity index is 1350. The van der Waals surface area contributed by atoms with E-state index >= 15 is 0 Å². The van der Waals surface area contributed by atoms with Crippen LogP contribution in [0.25, 0.3) is 10.9 Å². The molecule has 0 bridgehead atoms. The predicted octanol–water partition coefficient (Wildman–Crippen LogP) is 4.49. The van der Waals surface area contributed by atoms with Gasteiger partial charge in [-0.25, -0.2) is 4.98 Å². The van der Waals surface area contributed by atoms with Gasteiger partial charge in [0.15, 0.2) is 0 Å². The van der Waals surface area contributed by atoms with Crippen molar-refractivity contribution in [2.45, 2.75) is 13.0 Å². The van der Waals surface area contributed by atoms with Crippen LogP contribution in [0.1, 0.15) is 5.56 Å². The van der Waals surface area contributed by atoms with Gasteiger partial charge in [-0.05, 0) is 60.5 Å². The number of nitrogens with zero attached hydrogens (tertiary/aromatic N) is 3. The molecule has 1 N–H and O–H groups in total. The second-order valence-electron chi connectivity index (χ2n) is 7.46. The second kappa shape index (κ2) is 8.00. The molecule has 4 aromatic rings. The normalized spacial score (nSPS) is 12.7. The number of amides is 1. The van der Waals surface area contributed by atoms with Gasteiger partial charge in [-0.3, -0.25) is 14.2 Å². The maximum atomic E-state index is 12.7. The Morgan fingerprint density at radius 2 is 1.87 bits per heavy atom. The molecule has 0 aliphatic carbocycles. The lowest BCUT2D eigenvalue weighted by Crippen LogP contribution is -2.27. The Balaban J connectivity index is 1.30. The number of aromatic nitrogens is 2. The van der Waals surface area contributed by atoms with E-state index in [-0.39, 0.29) is 18.0 Å². The summed E-state index contributed by atoms with van der Waals surface area (Å²) in [7, 11) is 0. The van der Waals surface area contributed by atoms with Crippen LogP contribution in [0.2, 0.25) is 0 Å². The van der Waals surface area contributed by atoms with Crippen molar-refractivity contribution in [2.24, 2.45) is 0 Å². The third-order valence-corrected chi connectivity index (χ3v) is 5.94. The third kappa shape index (κ3) is 3.84. The lowest BCUT2D eigenvalue weighted by Gasteiger charge is -2.20. The molecule has 1 aliphatic heterocycles. The summed E-state index contributed by atoms with van der Waals surface area (Å²) in [6.45, 7) is 0.842. The minimum atomic E-state index is -0.280. The zero-order valence-corrected chi connectivity index (χ0v) is 18.2. The van der Waals surface area contributed by atoms with Gasteiger partial charge in [0.2, 0.25) is 5.91 Å². The van der Waals surface area contributed by atoms with Crippen LogP contribution >= 0.6 is 15.9 Å². The predicted molar refractivity (Wildman–Crippen MR) is 126 cm³/mol. The summed E-state index contributed by atoms with van der Waals surface area (Å²) in [6.07, 6.45) is 2.44. The number of nitrogens with one attached hydrogen (secondary N) is 1. The number of anilines is 3. The van der Waals surface area contributed by atoms with Gasteiger partial charge in [0, 0.05) is 28.1 Å². The molecule has 0 atom stereocenters. The number of benzene rings is 3. The van der Waals surface area contributed by atoms with Crippen molar-refractivity contribution in [3.8, 4) is 0 Å². The van der Waals surface area contributed by atoms with Crippen LogP contribution in [0.3, 0.4) is 0 Å². The fourth-order valence-corrected chi connectivity index (χ4v) is 4.29. The molecular formula is C24H19BrN4O2. The van der Waals surface area contributed by atoms with Crippen molar-refractivity contribution >= 4 is 49.8 Å². The number of hydrogen-bond acceptors (Lipinski definition) is 4. The number of carbonyl (C=O) groups is 1. The van der Waals surface area contributed by atoms with Crippen LogP contribution in [0.4, 0.5) is 17.1 Å². The highest BCUT2D eigenvalue weighted by Crippen LogP contribution is 2.34. The molecule has 154 valence electrons. The zero-order chi connectivity index (χ0) is 21.4. The number of halogens is 1. The molecule has 2 heterocycles. The van der Waals surface area contributed by atoms with E-state index in [1.54, 1.807) is 12.1 Å². The molecule has 0 saturated heterocycles. The van der Waals surface area contributed by atoms with Crippen LogP contribution in [0.5, 0.6) is 0 Å². The number of rotatable bonds is 4. The lowest BCUT2D eigenvalue weighted by atomic mass is 10.2. The zero-order valence-electron chi connectivity index (χ0n) is 16.6. The Labute approximate surface area is 187 Å². The smallest absolute Gasteiger partial charge is 0.261 e. The molecule has 1 amide bonds. The van der Waals surface area contributed by atoms with Crippen molar-refractivity contribution in [1.82, 2.24) is 9.55 Å².